The van der Waals surface area contributed by atoms with E-state index in [0.717, 1.165) is 13.1 Å². The highest BCUT2D eigenvalue weighted by Gasteiger charge is 2.24. The molecule has 1 atom stereocenters. The highest BCUT2D eigenvalue weighted by Crippen LogP contribution is 2.26. The van der Waals surface area contributed by atoms with E-state index >= 15 is 0 Å². The van der Waals surface area contributed by atoms with Crippen molar-refractivity contribution in [3.05, 3.63) is 82.3 Å². The van der Waals surface area contributed by atoms with Crippen molar-refractivity contribution in [1.29, 1.82) is 0 Å². The largest absolute Gasteiger partial charge is 0.483 e. The minimum atomic E-state index is -0.531. The highest BCUT2D eigenvalue weighted by atomic mass is 32.1. The highest BCUT2D eigenvalue weighted by molar-refractivity contribution is 7.10. The Morgan fingerprint density at radius 1 is 1.06 bits per heavy atom. The van der Waals surface area contributed by atoms with Gasteiger partial charge in [0.05, 0.1) is 30.5 Å². The van der Waals surface area contributed by atoms with Crippen molar-refractivity contribution < 1.29 is 23.5 Å². The van der Waals surface area contributed by atoms with Gasteiger partial charge in [-0.15, -0.1) is 11.3 Å². The zero-order valence-corrected chi connectivity index (χ0v) is 19.4. The van der Waals surface area contributed by atoms with Crippen LogP contribution in [-0.2, 0) is 9.53 Å². The fraction of sp³-hybridized carbons (Fsp3) is 0.280. The molecule has 2 aromatic carbocycles. The van der Waals surface area contributed by atoms with Crippen molar-refractivity contribution in [3.63, 3.8) is 0 Å². The van der Waals surface area contributed by atoms with Crippen LogP contribution in [0.3, 0.4) is 0 Å². The van der Waals surface area contributed by atoms with Crippen LogP contribution in [0.5, 0.6) is 5.75 Å². The smallest absolute Gasteiger partial charge is 0.262 e. The molecule has 178 valence electrons. The molecule has 1 saturated heterocycles. The Balaban J connectivity index is 1.37. The van der Waals surface area contributed by atoms with Crippen LogP contribution in [-0.4, -0.2) is 56.2 Å². The lowest BCUT2D eigenvalue weighted by Crippen LogP contribution is -2.43. The molecule has 0 spiro atoms. The van der Waals surface area contributed by atoms with Crippen LogP contribution in [0.15, 0.2) is 66.0 Å². The summed E-state index contributed by atoms with van der Waals surface area (Å²) in [7, 11) is 0. The molecule has 2 heterocycles. The van der Waals surface area contributed by atoms with Crippen LogP contribution in [0.4, 0.5) is 10.1 Å². The van der Waals surface area contributed by atoms with Crippen molar-refractivity contribution in [3.8, 4) is 5.75 Å². The molecule has 1 unspecified atom stereocenters. The zero-order chi connectivity index (χ0) is 23.8. The third kappa shape index (κ3) is 6.19. The van der Waals surface area contributed by atoms with Crippen molar-refractivity contribution in [2.45, 2.75) is 6.04 Å². The number of nitrogens with zero attached hydrogens (tertiary/aromatic N) is 1. The maximum absolute atomic E-state index is 13.8. The number of amides is 2. The van der Waals surface area contributed by atoms with E-state index in [1.54, 1.807) is 47.7 Å². The number of morpholine rings is 1. The number of hydrogen-bond donors (Lipinski definition) is 2. The van der Waals surface area contributed by atoms with E-state index in [1.165, 1.54) is 17.0 Å². The average Bonchev–Trinajstić information content (AvgIpc) is 3.40. The van der Waals surface area contributed by atoms with E-state index in [2.05, 4.69) is 21.6 Å². The number of carbonyl (C=O) groups is 2. The number of rotatable bonds is 9. The first kappa shape index (κ1) is 23.9. The summed E-state index contributed by atoms with van der Waals surface area (Å²) in [6, 6.07) is 16.8. The molecule has 0 bridgehead atoms. The molecule has 9 heteroatoms. The minimum Gasteiger partial charge on any atom is -0.483 e. The Morgan fingerprint density at radius 2 is 1.82 bits per heavy atom. The number of halogens is 1. The molecule has 1 aromatic heterocycles. The van der Waals surface area contributed by atoms with Gasteiger partial charge in [0.1, 0.15) is 11.6 Å². The van der Waals surface area contributed by atoms with E-state index in [-0.39, 0.29) is 30.0 Å². The number of anilines is 1. The maximum Gasteiger partial charge on any atom is 0.262 e. The topological polar surface area (TPSA) is 79.9 Å². The van der Waals surface area contributed by atoms with E-state index in [9.17, 15) is 14.0 Å². The summed E-state index contributed by atoms with van der Waals surface area (Å²) < 4.78 is 24.8. The van der Waals surface area contributed by atoms with Crippen molar-refractivity contribution in [1.82, 2.24) is 10.2 Å². The Kier molecular flexibility index (Phi) is 8.24. The van der Waals surface area contributed by atoms with Crippen molar-refractivity contribution in [2.24, 2.45) is 0 Å². The summed E-state index contributed by atoms with van der Waals surface area (Å²) in [6.07, 6.45) is 0. The summed E-state index contributed by atoms with van der Waals surface area (Å²) in [5, 5.41) is 7.51. The molecule has 3 aromatic rings. The van der Waals surface area contributed by atoms with Crippen LogP contribution < -0.4 is 15.4 Å². The third-order valence-electron chi connectivity index (χ3n) is 5.45. The number of nitrogens with one attached hydrogen (secondary N) is 2. The first-order valence-electron chi connectivity index (χ1n) is 11.0. The lowest BCUT2D eigenvalue weighted by atomic mass is 10.1. The van der Waals surface area contributed by atoms with Gasteiger partial charge in [0.2, 0.25) is 0 Å². The molecule has 1 aliphatic heterocycles. The van der Waals surface area contributed by atoms with Crippen LogP contribution in [0, 0.1) is 5.82 Å². The van der Waals surface area contributed by atoms with Gasteiger partial charge in [-0.3, -0.25) is 14.5 Å². The van der Waals surface area contributed by atoms with Gasteiger partial charge in [0.25, 0.3) is 11.8 Å². The number of para-hydroxylation sites is 2. The predicted molar refractivity (Wildman–Crippen MR) is 129 cm³/mol. The molecule has 4 rings (SSSR count). The Morgan fingerprint density at radius 3 is 2.59 bits per heavy atom. The quantitative estimate of drug-likeness (QED) is 0.485. The number of hydrogen-bond acceptors (Lipinski definition) is 6. The van der Waals surface area contributed by atoms with Crippen LogP contribution in [0.1, 0.15) is 21.3 Å². The third-order valence-corrected chi connectivity index (χ3v) is 6.43. The lowest BCUT2D eigenvalue weighted by Gasteiger charge is -2.34. The molecule has 2 amide bonds. The molecule has 7 nitrogen and oxygen atoms in total. The Bertz CT molecular complexity index is 1100. The fourth-order valence-corrected chi connectivity index (χ4v) is 4.60. The number of benzene rings is 2. The van der Waals surface area contributed by atoms with Gasteiger partial charge in [-0.05, 0) is 35.7 Å². The summed E-state index contributed by atoms with van der Waals surface area (Å²) >= 11 is 1.66. The van der Waals surface area contributed by atoms with Gasteiger partial charge in [0, 0.05) is 24.5 Å². The molecule has 1 aliphatic rings. The Hall–Kier alpha value is -3.27. The second kappa shape index (κ2) is 11.7. The molecule has 0 radical (unpaired) electrons. The lowest BCUT2D eigenvalue weighted by molar-refractivity contribution is -0.118. The van der Waals surface area contributed by atoms with E-state index in [1.807, 2.05) is 11.4 Å². The van der Waals surface area contributed by atoms with Gasteiger partial charge in [-0.2, -0.15) is 0 Å². The van der Waals surface area contributed by atoms with Crippen LogP contribution in [0.25, 0.3) is 0 Å². The van der Waals surface area contributed by atoms with E-state index in [4.69, 9.17) is 9.47 Å². The molecular formula is C25H26FN3O4S. The van der Waals surface area contributed by atoms with Gasteiger partial charge >= 0.3 is 0 Å². The molecule has 1 fully saturated rings. The standard InChI is InChI=1S/C25H26FN3O4S/c26-19-7-2-3-8-20(19)28-24(30)17-33-22-9-4-1-6-18(22)25(31)27-16-21(23-10-5-15-34-23)29-11-13-32-14-12-29/h1-10,15,21H,11-14,16-17H2,(H,27,31)(H,28,30). The second-order valence-electron chi connectivity index (χ2n) is 7.70. The van der Waals surface area contributed by atoms with Crippen molar-refractivity contribution in [2.75, 3.05) is 44.8 Å². The molecular weight excluding hydrogens is 457 g/mol. The summed E-state index contributed by atoms with van der Waals surface area (Å²) in [5.41, 5.74) is 0.401. The molecule has 0 aliphatic carbocycles. The summed E-state index contributed by atoms with van der Waals surface area (Å²) in [6.45, 7) is 3.01. The van der Waals surface area contributed by atoms with E-state index in [0.29, 0.717) is 25.3 Å². The fourth-order valence-electron chi connectivity index (χ4n) is 3.74. The second-order valence-corrected chi connectivity index (χ2v) is 8.68. The van der Waals surface area contributed by atoms with Crippen molar-refractivity contribution >= 4 is 28.8 Å². The SMILES string of the molecule is O=C(COc1ccccc1C(=O)NCC(c1cccs1)N1CCOCC1)Nc1ccccc1F. The molecule has 0 saturated carbocycles. The number of thiophene rings is 1. The average molecular weight is 484 g/mol. The minimum absolute atomic E-state index is 0.0486. The first-order valence-corrected chi connectivity index (χ1v) is 11.9. The van der Waals surface area contributed by atoms with Gasteiger partial charge in [0.15, 0.2) is 6.61 Å². The molecule has 2 N–H and O–H groups in total. The van der Waals surface area contributed by atoms with Crippen LogP contribution >= 0.6 is 11.3 Å². The normalized spacial score (nSPS) is 14.9. The Labute approximate surface area is 201 Å². The monoisotopic (exact) mass is 483 g/mol. The number of ether oxygens (including phenoxy) is 2. The predicted octanol–water partition coefficient (Wildman–Crippen LogP) is 3.71. The zero-order valence-electron chi connectivity index (χ0n) is 18.5. The van der Waals surface area contributed by atoms with Gasteiger partial charge < -0.3 is 20.1 Å². The molecule has 34 heavy (non-hydrogen) atoms. The van der Waals surface area contributed by atoms with Gasteiger partial charge in [-0.1, -0.05) is 30.3 Å². The number of carbonyl (C=O) groups excluding carboxylic acids is 2. The summed E-state index contributed by atoms with van der Waals surface area (Å²) in [5.74, 6) is -1.07. The summed E-state index contributed by atoms with van der Waals surface area (Å²) in [4.78, 5) is 28.7. The van der Waals surface area contributed by atoms with Crippen LogP contribution in [0.2, 0.25) is 0 Å². The maximum atomic E-state index is 13.8. The van der Waals surface area contributed by atoms with Gasteiger partial charge in [-0.25, -0.2) is 4.39 Å². The first-order chi connectivity index (χ1) is 16.6. The van der Waals surface area contributed by atoms with E-state index < -0.39 is 11.7 Å².